The number of rotatable bonds is 22. The standard InChI is InChI=1S/C33H46N4O9/c1-23(14-16-38)45-19-5-9-29(39)26-7-3-8-27-32(26)25-13-12-24(21-28(25)37(27)22-46-33(34)42)36-31(41)11-4-10-30(40)35-15-20-44-18-6-17-43-2/h3,7-8,12-13,21,23,38H,4-6,9-11,14-20,22H2,1-2H3,(H2,34,42)(H,35,40)(H,36,41)/i/hD. The number of fused-ring (bicyclic) bond motifs is 3. The summed E-state index contributed by atoms with van der Waals surface area (Å²) in [6.07, 6.45) is 1.74. The molecule has 0 saturated heterocycles. The minimum absolute atomic E-state index is 0.0385. The Labute approximate surface area is 270 Å². The van der Waals surface area contributed by atoms with Gasteiger partial charge < -0.3 is 45.0 Å². The molecular formula is C33H46N4O9. The Balaban J connectivity index is 1.67. The number of nitrogens with two attached hydrogens (primary N) is 1. The van der Waals surface area contributed by atoms with Crippen molar-refractivity contribution >= 4 is 51.2 Å². The highest BCUT2D eigenvalue weighted by atomic mass is 16.6. The Kier molecular flexibility index (Phi) is 14.7. The number of nitrogens with zero attached hydrogens (tertiary/aromatic N) is 1. The first-order valence-corrected chi connectivity index (χ1v) is 15.6. The topological polar surface area (TPSA) is 180 Å². The van der Waals surface area contributed by atoms with Gasteiger partial charge in [0.1, 0.15) is 0 Å². The Hall–Kier alpha value is -4.04. The van der Waals surface area contributed by atoms with Gasteiger partial charge in [-0.2, -0.15) is 0 Å². The van der Waals surface area contributed by atoms with Crippen LogP contribution in [0.2, 0.25) is 1.41 Å². The first-order chi connectivity index (χ1) is 22.8. The Bertz CT molecular complexity index is 1480. The molecule has 1 heterocycles. The van der Waals surface area contributed by atoms with Crippen molar-refractivity contribution in [3.05, 3.63) is 42.0 Å². The fourth-order valence-electron chi connectivity index (χ4n) is 5.03. The number of nitrogens with one attached hydrogen (secondary N) is 2. The number of ketones is 1. The van der Waals surface area contributed by atoms with Crippen LogP contribution in [0.3, 0.4) is 0 Å². The molecule has 2 aromatic carbocycles. The summed E-state index contributed by atoms with van der Waals surface area (Å²) >= 11 is 0. The van der Waals surface area contributed by atoms with Crippen LogP contribution in [0.25, 0.3) is 21.8 Å². The van der Waals surface area contributed by atoms with E-state index in [0.29, 0.717) is 79.9 Å². The van der Waals surface area contributed by atoms with Gasteiger partial charge in [0.2, 0.25) is 11.8 Å². The molecule has 0 radical (unpaired) electrons. The number of Topliss-reactive ketones (excluding diaryl/α,β-unsaturated/α-hetero) is 1. The number of hydrogen-bond acceptors (Lipinski definition) is 9. The molecule has 1 atom stereocenters. The van der Waals surface area contributed by atoms with Crippen LogP contribution in [0.5, 0.6) is 0 Å². The van der Waals surface area contributed by atoms with Crippen LogP contribution in [0, 0.1) is 0 Å². The maximum absolute atomic E-state index is 13.4. The van der Waals surface area contributed by atoms with Gasteiger partial charge in [0.15, 0.2) is 13.9 Å². The number of hydrogen-bond donors (Lipinski definition) is 4. The van der Waals surface area contributed by atoms with E-state index in [-0.39, 0.29) is 56.3 Å². The van der Waals surface area contributed by atoms with Crippen molar-refractivity contribution in [2.24, 2.45) is 5.73 Å². The quantitative estimate of drug-likeness (QED) is 0.0933. The zero-order valence-electron chi connectivity index (χ0n) is 27.6. The monoisotopic (exact) mass is 643 g/mol. The second-order valence-electron chi connectivity index (χ2n) is 10.9. The molecule has 0 saturated carbocycles. The number of aromatic nitrogens is 1. The molecule has 0 aliphatic rings. The van der Waals surface area contributed by atoms with Crippen LogP contribution in [0.15, 0.2) is 36.4 Å². The average molecular weight is 644 g/mol. The van der Waals surface area contributed by atoms with Gasteiger partial charge in [-0.05, 0) is 50.8 Å². The van der Waals surface area contributed by atoms with E-state index >= 15 is 0 Å². The highest BCUT2D eigenvalue weighted by Gasteiger charge is 2.19. The number of anilines is 1. The van der Waals surface area contributed by atoms with Gasteiger partial charge in [0.25, 0.3) is 0 Å². The van der Waals surface area contributed by atoms with Crippen LogP contribution in [0.4, 0.5) is 10.5 Å². The molecular weight excluding hydrogens is 596 g/mol. The Morgan fingerprint density at radius 3 is 2.59 bits per heavy atom. The minimum atomic E-state index is -0.939. The van der Waals surface area contributed by atoms with Crippen LogP contribution in [0.1, 0.15) is 62.2 Å². The van der Waals surface area contributed by atoms with Crippen LogP contribution in [-0.4, -0.2) is 86.2 Å². The van der Waals surface area contributed by atoms with E-state index < -0.39 is 6.09 Å². The lowest BCUT2D eigenvalue weighted by atomic mass is 10.00. The van der Waals surface area contributed by atoms with E-state index in [1.54, 1.807) is 47.7 Å². The zero-order chi connectivity index (χ0) is 34.0. The molecule has 0 bridgehead atoms. The van der Waals surface area contributed by atoms with Gasteiger partial charge in [-0.15, -0.1) is 0 Å². The molecule has 5 N–H and O–H groups in total. The van der Waals surface area contributed by atoms with Gasteiger partial charge in [-0.1, -0.05) is 18.2 Å². The summed E-state index contributed by atoms with van der Waals surface area (Å²) in [6, 6.07) is 10.6. The fraction of sp³-hybridized carbons (Fsp3) is 0.515. The number of benzene rings is 2. The second-order valence-corrected chi connectivity index (χ2v) is 10.9. The highest BCUT2D eigenvalue weighted by molar-refractivity contribution is 6.19. The third kappa shape index (κ3) is 11.4. The summed E-state index contributed by atoms with van der Waals surface area (Å²) in [4.78, 5) is 50.0. The van der Waals surface area contributed by atoms with Gasteiger partial charge in [0.05, 0.1) is 23.7 Å². The molecule has 13 heteroatoms. The molecule has 3 amide bonds. The summed E-state index contributed by atoms with van der Waals surface area (Å²) in [5.41, 5.74) is 3.94. The molecule has 0 aliphatic heterocycles. The summed E-state index contributed by atoms with van der Waals surface area (Å²) in [5.74, 6) is -0.499. The first kappa shape index (κ1) is 34.8. The second kappa shape index (κ2) is 19.5. The summed E-state index contributed by atoms with van der Waals surface area (Å²) in [7, 11) is 1.63. The predicted octanol–water partition coefficient (Wildman–Crippen LogP) is 3.88. The van der Waals surface area contributed by atoms with E-state index in [1.165, 1.54) is 0 Å². The number of aliphatic hydroxyl groups excluding tert-OH is 1. The fourth-order valence-corrected chi connectivity index (χ4v) is 5.03. The van der Waals surface area contributed by atoms with Gasteiger partial charge in [-0.25, -0.2) is 4.79 Å². The van der Waals surface area contributed by atoms with Crippen molar-refractivity contribution < 1.29 is 44.6 Å². The van der Waals surface area contributed by atoms with E-state index in [1.807, 2.05) is 13.0 Å². The van der Waals surface area contributed by atoms with Crippen molar-refractivity contribution in [2.45, 2.75) is 64.7 Å². The van der Waals surface area contributed by atoms with Crippen LogP contribution < -0.4 is 16.4 Å². The molecule has 3 aromatic rings. The van der Waals surface area contributed by atoms with Crippen molar-refractivity contribution in [2.75, 3.05) is 52.0 Å². The molecule has 13 nitrogen and oxygen atoms in total. The van der Waals surface area contributed by atoms with Crippen molar-refractivity contribution in [3.8, 4) is 0 Å². The van der Waals surface area contributed by atoms with Gasteiger partial charge >= 0.3 is 6.09 Å². The maximum Gasteiger partial charge on any atom is 0.406 e. The van der Waals surface area contributed by atoms with Crippen molar-refractivity contribution in [1.29, 1.82) is 0 Å². The lowest BCUT2D eigenvalue weighted by Crippen LogP contribution is -2.27. The van der Waals surface area contributed by atoms with E-state index in [0.717, 1.165) is 11.8 Å². The van der Waals surface area contributed by atoms with Crippen LogP contribution >= 0.6 is 0 Å². The number of aliphatic hydroxyl groups is 1. The van der Waals surface area contributed by atoms with Gasteiger partial charge in [-0.3, -0.25) is 14.4 Å². The number of ether oxygens (including phenoxy) is 4. The lowest BCUT2D eigenvalue weighted by molar-refractivity contribution is -0.121. The number of carbonyl (C=O) groups is 4. The lowest BCUT2D eigenvalue weighted by Gasteiger charge is -2.11. The summed E-state index contributed by atoms with van der Waals surface area (Å²) < 4.78 is 30.0. The largest absolute Gasteiger partial charge is 0.428 e. The Morgan fingerprint density at radius 2 is 1.80 bits per heavy atom. The average Bonchev–Trinajstić information content (AvgIpc) is 3.37. The van der Waals surface area contributed by atoms with E-state index in [2.05, 4.69) is 10.6 Å². The number of amides is 3. The smallest absolute Gasteiger partial charge is 0.406 e. The molecule has 3 rings (SSSR count). The summed E-state index contributed by atoms with van der Waals surface area (Å²) in [6.45, 7) is 4.05. The third-order valence-electron chi connectivity index (χ3n) is 7.30. The molecule has 1 unspecified atom stereocenters. The van der Waals surface area contributed by atoms with E-state index in [4.69, 9.17) is 25.5 Å². The number of methoxy groups -OCH3 is 1. The zero-order valence-corrected chi connectivity index (χ0v) is 26.6. The minimum Gasteiger partial charge on any atom is -0.428 e. The SMILES string of the molecule is [2H]NC(=O)OCn1c2cc(NC(=O)CCCC(=O)NCCOCCCOC)ccc2c2c(C(=O)CCCOC(C)CCO)cccc21. The molecule has 0 fully saturated rings. The van der Waals surface area contributed by atoms with Crippen molar-refractivity contribution in [1.82, 2.24) is 9.88 Å². The van der Waals surface area contributed by atoms with Gasteiger partial charge in [0, 0.05) is 81.4 Å². The molecule has 252 valence electrons. The number of carbonyl (C=O) groups excluding carboxylic acids is 4. The molecule has 0 aliphatic carbocycles. The van der Waals surface area contributed by atoms with E-state index in [9.17, 15) is 19.2 Å². The molecule has 46 heavy (non-hydrogen) atoms. The van der Waals surface area contributed by atoms with Crippen LogP contribution in [-0.2, 0) is 35.3 Å². The number of primary amides is 1. The predicted molar refractivity (Wildman–Crippen MR) is 174 cm³/mol. The molecule has 0 spiro atoms. The van der Waals surface area contributed by atoms with Crippen molar-refractivity contribution in [3.63, 3.8) is 0 Å². The highest BCUT2D eigenvalue weighted by Crippen LogP contribution is 2.34. The molecule has 1 aromatic heterocycles. The maximum atomic E-state index is 13.4. The normalized spacial score (nSPS) is 12.1. The first-order valence-electron chi connectivity index (χ1n) is 16.1. The Morgan fingerprint density at radius 1 is 0.978 bits per heavy atom. The summed E-state index contributed by atoms with van der Waals surface area (Å²) in [5, 5.41) is 16.1. The third-order valence-corrected chi connectivity index (χ3v) is 7.30.